The highest BCUT2D eigenvalue weighted by Crippen LogP contribution is 2.26. The van der Waals surface area contributed by atoms with Crippen LogP contribution in [0.4, 0.5) is 4.39 Å². The average Bonchev–Trinajstić information content (AvgIpc) is 3.15. The van der Waals surface area contributed by atoms with Crippen LogP contribution < -0.4 is 5.32 Å². The van der Waals surface area contributed by atoms with Gasteiger partial charge in [0.15, 0.2) is 0 Å². The van der Waals surface area contributed by atoms with Gasteiger partial charge in [-0.3, -0.25) is 4.79 Å². The number of hydrogen-bond donors (Lipinski definition) is 1. The van der Waals surface area contributed by atoms with E-state index in [1.165, 1.54) is 18.2 Å². The summed E-state index contributed by atoms with van der Waals surface area (Å²) in [7, 11) is 0. The highest BCUT2D eigenvalue weighted by atomic mass is 19.1. The molecular formula is C21H22FN3O2. The molecule has 0 saturated heterocycles. The number of benzene rings is 2. The Morgan fingerprint density at radius 3 is 2.70 bits per heavy atom. The van der Waals surface area contributed by atoms with Crippen LogP contribution in [-0.2, 0) is 0 Å². The molecule has 0 aliphatic carbocycles. The topological polar surface area (TPSA) is 68.0 Å². The molecular weight excluding hydrogens is 345 g/mol. The molecule has 0 bridgehead atoms. The van der Waals surface area contributed by atoms with Crippen LogP contribution in [0.5, 0.6) is 0 Å². The molecule has 2 aromatic carbocycles. The van der Waals surface area contributed by atoms with Crippen molar-refractivity contribution >= 4 is 5.91 Å². The van der Waals surface area contributed by atoms with E-state index in [1.54, 1.807) is 6.07 Å². The highest BCUT2D eigenvalue weighted by molar-refractivity contribution is 5.94. The van der Waals surface area contributed by atoms with Crippen LogP contribution in [0, 0.1) is 18.7 Å². The van der Waals surface area contributed by atoms with Crippen molar-refractivity contribution in [3.05, 3.63) is 71.4 Å². The van der Waals surface area contributed by atoms with Gasteiger partial charge >= 0.3 is 0 Å². The van der Waals surface area contributed by atoms with Crippen molar-refractivity contribution in [2.75, 3.05) is 0 Å². The standard InChI is InChI=1S/C21H22FN3O2/c1-4-14(3)18(23-20(26)16-9-6-10-17(22)12-16)21-24-19(25-27-21)15-8-5-7-13(2)11-15/h5-12,14,18H,4H2,1-3H3,(H,23,26)/t14-,18+/m1/s1. The van der Waals surface area contributed by atoms with Crippen molar-refractivity contribution < 1.29 is 13.7 Å². The van der Waals surface area contributed by atoms with Crippen LogP contribution >= 0.6 is 0 Å². The quantitative estimate of drug-likeness (QED) is 0.686. The fourth-order valence-electron chi connectivity index (χ4n) is 2.80. The smallest absolute Gasteiger partial charge is 0.252 e. The van der Waals surface area contributed by atoms with Crippen LogP contribution in [0.1, 0.15) is 48.1 Å². The van der Waals surface area contributed by atoms with Crippen LogP contribution in [-0.4, -0.2) is 16.0 Å². The summed E-state index contributed by atoms with van der Waals surface area (Å²) < 4.78 is 18.9. The Morgan fingerprint density at radius 1 is 1.22 bits per heavy atom. The van der Waals surface area contributed by atoms with Gasteiger partial charge in [-0.05, 0) is 37.1 Å². The molecule has 0 unspecified atom stereocenters. The summed E-state index contributed by atoms with van der Waals surface area (Å²) in [6, 6.07) is 12.9. The van der Waals surface area contributed by atoms with Crippen LogP contribution in [0.25, 0.3) is 11.4 Å². The monoisotopic (exact) mass is 367 g/mol. The van der Waals surface area contributed by atoms with Crippen molar-refractivity contribution in [2.45, 2.75) is 33.2 Å². The first-order chi connectivity index (χ1) is 13.0. The number of aryl methyl sites for hydroxylation is 1. The summed E-state index contributed by atoms with van der Waals surface area (Å²) in [6.07, 6.45) is 0.802. The number of hydrogen-bond acceptors (Lipinski definition) is 4. The van der Waals surface area contributed by atoms with Gasteiger partial charge in [-0.2, -0.15) is 4.98 Å². The number of aromatic nitrogens is 2. The summed E-state index contributed by atoms with van der Waals surface area (Å²) >= 11 is 0. The fraction of sp³-hybridized carbons (Fsp3) is 0.286. The molecule has 3 aromatic rings. The molecule has 0 aliphatic rings. The van der Waals surface area contributed by atoms with E-state index in [1.807, 2.05) is 45.0 Å². The number of carbonyl (C=O) groups is 1. The maximum Gasteiger partial charge on any atom is 0.252 e. The summed E-state index contributed by atoms with van der Waals surface area (Å²) in [6.45, 7) is 6.00. The van der Waals surface area contributed by atoms with Crippen molar-refractivity contribution in [1.82, 2.24) is 15.5 Å². The zero-order valence-electron chi connectivity index (χ0n) is 15.6. The minimum atomic E-state index is -0.461. The van der Waals surface area contributed by atoms with E-state index in [0.29, 0.717) is 11.7 Å². The Balaban J connectivity index is 1.86. The Bertz CT molecular complexity index is 938. The zero-order valence-corrected chi connectivity index (χ0v) is 15.6. The third kappa shape index (κ3) is 4.39. The van der Waals surface area contributed by atoms with Crippen molar-refractivity contribution in [3.8, 4) is 11.4 Å². The number of nitrogens with zero attached hydrogens (tertiary/aromatic N) is 2. The minimum Gasteiger partial charge on any atom is -0.340 e. The van der Waals surface area contributed by atoms with E-state index in [4.69, 9.17) is 4.52 Å². The van der Waals surface area contributed by atoms with E-state index in [9.17, 15) is 9.18 Å². The van der Waals surface area contributed by atoms with Crippen molar-refractivity contribution in [3.63, 3.8) is 0 Å². The molecule has 0 aliphatic heterocycles. The second-order valence-corrected chi connectivity index (χ2v) is 6.67. The number of amides is 1. The Labute approximate surface area is 157 Å². The number of nitrogens with one attached hydrogen (secondary N) is 1. The van der Waals surface area contributed by atoms with Gasteiger partial charge in [-0.15, -0.1) is 0 Å². The molecule has 0 fully saturated rings. The van der Waals surface area contributed by atoms with Crippen LogP contribution in [0.15, 0.2) is 53.1 Å². The first kappa shape index (κ1) is 18.8. The predicted molar refractivity (Wildman–Crippen MR) is 101 cm³/mol. The highest BCUT2D eigenvalue weighted by Gasteiger charge is 2.27. The van der Waals surface area contributed by atoms with Crippen LogP contribution in [0.2, 0.25) is 0 Å². The van der Waals surface area contributed by atoms with Gasteiger partial charge in [0, 0.05) is 11.1 Å². The van der Waals surface area contributed by atoms with E-state index >= 15 is 0 Å². The lowest BCUT2D eigenvalue weighted by molar-refractivity contribution is 0.0909. The maximum atomic E-state index is 13.4. The molecule has 2 atom stereocenters. The first-order valence-corrected chi connectivity index (χ1v) is 8.95. The molecule has 1 aromatic heterocycles. The molecule has 1 amide bonds. The first-order valence-electron chi connectivity index (χ1n) is 8.95. The summed E-state index contributed by atoms with van der Waals surface area (Å²) in [5.74, 6) is 0.0401. The van der Waals surface area contributed by atoms with Gasteiger partial charge in [-0.25, -0.2) is 4.39 Å². The van der Waals surface area contributed by atoms with Gasteiger partial charge in [-0.1, -0.05) is 55.3 Å². The SMILES string of the molecule is CC[C@@H](C)[C@H](NC(=O)c1cccc(F)c1)c1nc(-c2cccc(C)c2)no1. The summed E-state index contributed by atoms with van der Waals surface area (Å²) in [4.78, 5) is 17.0. The summed E-state index contributed by atoms with van der Waals surface area (Å²) in [5.41, 5.74) is 2.20. The Morgan fingerprint density at radius 2 is 2.00 bits per heavy atom. The van der Waals surface area contributed by atoms with Gasteiger partial charge < -0.3 is 9.84 Å². The molecule has 27 heavy (non-hydrogen) atoms. The summed E-state index contributed by atoms with van der Waals surface area (Å²) in [5, 5.41) is 6.96. The number of rotatable bonds is 6. The lowest BCUT2D eigenvalue weighted by Crippen LogP contribution is -2.32. The third-order valence-electron chi connectivity index (χ3n) is 4.57. The molecule has 0 radical (unpaired) electrons. The van der Waals surface area contributed by atoms with Gasteiger partial charge in [0.1, 0.15) is 11.9 Å². The predicted octanol–water partition coefficient (Wildman–Crippen LogP) is 4.70. The van der Waals surface area contributed by atoms with E-state index in [0.717, 1.165) is 17.5 Å². The normalized spacial score (nSPS) is 13.2. The maximum absolute atomic E-state index is 13.4. The third-order valence-corrected chi connectivity index (χ3v) is 4.57. The lowest BCUT2D eigenvalue weighted by atomic mass is 9.98. The Kier molecular flexibility index (Phi) is 5.64. The van der Waals surface area contributed by atoms with Crippen molar-refractivity contribution in [1.29, 1.82) is 0 Å². The molecule has 5 nitrogen and oxygen atoms in total. The van der Waals surface area contributed by atoms with Gasteiger partial charge in [0.25, 0.3) is 5.91 Å². The lowest BCUT2D eigenvalue weighted by Gasteiger charge is -2.20. The molecule has 140 valence electrons. The number of carbonyl (C=O) groups excluding carboxylic acids is 1. The molecule has 1 N–H and O–H groups in total. The molecule has 0 saturated carbocycles. The second kappa shape index (κ2) is 8.12. The molecule has 0 spiro atoms. The van der Waals surface area contributed by atoms with Crippen LogP contribution in [0.3, 0.4) is 0 Å². The van der Waals surface area contributed by atoms with Gasteiger partial charge in [0.05, 0.1) is 0 Å². The number of halogens is 1. The Hall–Kier alpha value is -3.02. The molecule has 1 heterocycles. The van der Waals surface area contributed by atoms with E-state index in [-0.39, 0.29) is 17.4 Å². The van der Waals surface area contributed by atoms with E-state index < -0.39 is 11.9 Å². The largest absolute Gasteiger partial charge is 0.340 e. The molecule has 3 rings (SSSR count). The second-order valence-electron chi connectivity index (χ2n) is 6.67. The average molecular weight is 367 g/mol. The zero-order chi connectivity index (χ0) is 19.4. The minimum absolute atomic E-state index is 0.0633. The van der Waals surface area contributed by atoms with Gasteiger partial charge in [0.2, 0.25) is 11.7 Å². The fourth-order valence-corrected chi connectivity index (χ4v) is 2.80. The van der Waals surface area contributed by atoms with Crippen molar-refractivity contribution in [2.24, 2.45) is 5.92 Å². The van der Waals surface area contributed by atoms with E-state index in [2.05, 4.69) is 15.5 Å². The molecule has 6 heteroatoms.